The molecule has 0 aliphatic carbocycles. The number of benzene rings is 2. The van der Waals surface area contributed by atoms with E-state index in [4.69, 9.17) is 9.84 Å². The van der Waals surface area contributed by atoms with Gasteiger partial charge in [-0.1, -0.05) is 18.2 Å². The van der Waals surface area contributed by atoms with Crippen LogP contribution in [0.4, 0.5) is 11.4 Å². The molecule has 0 saturated heterocycles. The molecule has 0 aromatic heterocycles. The van der Waals surface area contributed by atoms with Gasteiger partial charge in [0.2, 0.25) is 5.91 Å². The summed E-state index contributed by atoms with van der Waals surface area (Å²) in [6.45, 7) is 3.24. The van der Waals surface area contributed by atoms with E-state index in [2.05, 4.69) is 5.32 Å². The topological polar surface area (TPSA) is 95.9 Å². The normalized spacial score (nSPS) is 15.8. The van der Waals surface area contributed by atoms with Crippen molar-refractivity contribution in [1.82, 2.24) is 0 Å². The van der Waals surface area contributed by atoms with Crippen LogP contribution in [0.2, 0.25) is 0 Å². The van der Waals surface area contributed by atoms with Crippen molar-refractivity contribution in [3.8, 4) is 5.75 Å². The quantitative estimate of drug-likeness (QED) is 0.879. The van der Waals surface area contributed by atoms with E-state index in [1.807, 2.05) is 25.1 Å². The number of carbonyl (C=O) groups excluding carboxylic acids is 2. The maximum atomic E-state index is 12.5. The van der Waals surface area contributed by atoms with Crippen LogP contribution < -0.4 is 15.0 Å². The first-order valence-corrected chi connectivity index (χ1v) is 8.07. The first-order valence-electron chi connectivity index (χ1n) is 8.07. The number of carbonyl (C=O) groups is 3. The van der Waals surface area contributed by atoms with Crippen LogP contribution in [0.5, 0.6) is 5.75 Å². The molecule has 0 radical (unpaired) electrons. The number of hydrogen-bond donors (Lipinski definition) is 2. The molecule has 1 unspecified atom stereocenters. The average molecular weight is 354 g/mol. The summed E-state index contributed by atoms with van der Waals surface area (Å²) < 4.78 is 5.50. The van der Waals surface area contributed by atoms with Crippen LogP contribution in [0.25, 0.3) is 0 Å². The molecule has 2 amide bonds. The Morgan fingerprint density at radius 1 is 1.23 bits per heavy atom. The van der Waals surface area contributed by atoms with Gasteiger partial charge in [-0.15, -0.1) is 0 Å². The highest BCUT2D eigenvalue weighted by Gasteiger charge is 2.33. The average Bonchev–Trinajstić information content (AvgIpc) is 2.60. The van der Waals surface area contributed by atoms with Gasteiger partial charge in [0.1, 0.15) is 12.3 Å². The van der Waals surface area contributed by atoms with Gasteiger partial charge in [-0.05, 0) is 43.7 Å². The molecule has 26 heavy (non-hydrogen) atoms. The predicted octanol–water partition coefficient (Wildman–Crippen LogP) is 2.45. The van der Waals surface area contributed by atoms with Crippen LogP contribution in [0.1, 0.15) is 22.8 Å². The molecule has 2 aromatic rings. The number of hydrogen-bond acceptors (Lipinski definition) is 4. The number of fused-ring (bicyclic) bond motifs is 1. The third kappa shape index (κ3) is 3.37. The Bertz CT molecular complexity index is 893. The molecule has 0 saturated carbocycles. The lowest BCUT2D eigenvalue weighted by atomic mass is 10.1. The number of nitrogens with one attached hydrogen (secondary N) is 1. The second-order valence-electron chi connectivity index (χ2n) is 6.04. The van der Waals surface area contributed by atoms with E-state index in [1.54, 1.807) is 13.0 Å². The Labute approximate surface area is 150 Å². The summed E-state index contributed by atoms with van der Waals surface area (Å²) in [4.78, 5) is 37.3. The van der Waals surface area contributed by atoms with E-state index in [0.29, 0.717) is 11.4 Å². The zero-order valence-corrected chi connectivity index (χ0v) is 14.4. The van der Waals surface area contributed by atoms with E-state index < -0.39 is 12.1 Å². The van der Waals surface area contributed by atoms with Gasteiger partial charge in [0.25, 0.3) is 5.91 Å². The van der Waals surface area contributed by atoms with Gasteiger partial charge in [-0.2, -0.15) is 0 Å². The Kier molecular flexibility index (Phi) is 4.62. The van der Waals surface area contributed by atoms with Gasteiger partial charge in [0.05, 0.1) is 11.3 Å². The molecular weight excluding hydrogens is 336 g/mol. The minimum absolute atomic E-state index is 0.0506. The number of anilines is 2. The van der Waals surface area contributed by atoms with Crippen LogP contribution in [-0.4, -0.2) is 35.5 Å². The van der Waals surface area contributed by atoms with E-state index in [-0.39, 0.29) is 29.7 Å². The lowest BCUT2D eigenvalue weighted by molar-refractivity contribution is -0.127. The first kappa shape index (κ1) is 17.5. The van der Waals surface area contributed by atoms with Crippen LogP contribution in [0.15, 0.2) is 42.5 Å². The fourth-order valence-corrected chi connectivity index (χ4v) is 2.75. The lowest BCUT2D eigenvalue weighted by Gasteiger charge is -2.32. The third-order valence-corrected chi connectivity index (χ3v) is 4.14. The van der Waals surface area contributed by atoms with Crippen molar-refractivity contribution in [1.29, 1.82) is 0 Å². The molecule has 1 aliphatic rings. The van der Waals surface area contributed by atoms with Crippen molar-refractivity contribution >= 4 is 29.2 Å². The molecule has 2 N–H and O–H groups in total. The van der Waals surface area contributed by atoms with Crippen molar-refractivity contribution in [3.05, 3.63) is 53.6 Å². The van der Waals surface area contributed by atoms with Crippen molar-refractivity contribution < 1.29 is 24.2 Å². The first-order chi connectivity index (χ1) is 12.4. The summed E-state index contributed by atoms with van der Waals surface area (Å²) in [6, 6.07) is 11.5. The number of para-hydroxylation sites is 1. The van der Waals surface area contributed by atoms with E-state index in [0.717, 1.165) is 5.56 Å². The highest BCUT2D eigenvalue weighted by Crippen LogP contribution is 2.35. The number of carboxylic acids is 1. The molecule has 3 rings (SSSR count). The van der Waals surface area contributed by atoms with Gasteiger partial charge >= 0.3 is 5.97 Å². The summed E-state index contributed by atoms with van der Waals surface area (Å²) in [7, 11) is 0. The number of ether oxygens (including phenoxy) is 1. The molecule has 0 bridgehead atoms. The van der Waals surface area contributed by atoms with Crippen molar-refractivity contribution in [2.75, 3.05) is 16.8 Å². The Morgan fingerprint density at radius 2 is 1.96 bits per heavy atom. The largest absolute Gasteiger partial charge is 0.479 e. The highest BCUT2D eigenvalue weighted by atomic mass is 16.5. The number of rotatable bonds is 4. The number of nitrogens with zero attached hydrogens (tertiary/aromatic N) is 1. The van der Waals surface area contributed by atoms with Gasteiger partial charge in [0.15, 0.2) is 6.10 Å². The molecule has 134 valence electrons. The standard InChI is InChI=1S/C19H18N2O5/c1-11-5-3-4-6-14(11)20-17(22)10-21-15-8-7-13(19(24)25)9-16(15)26-12(2)18(21)23/h3-9,12H,10H2,1-2H3,(H,20,22)(H,24,25). The summed E-state index contributed by atoms with van der Waals surface area (Å²) in [5, 5.41) is 11.9. The molecule has 1 aliphatic heterocycles. The molecular formula is C19H18N2O5. The van der Waals surface area contributed by atoms with E-state index in [1.165, 1.54) is 23.1 Å². The number of carboxylic acid groups (broad SMARTS) is 1. The molecule has 0 fully saturated rings. The minimum Gasteiger partial charge on any atom is -0.479 e. The Morgan fingerprint density at radius 3 is 2.65 bits per heavy atom. The zero-order valence-electron chi connectivity index (χ0n) is 14.4. The molecule has 1 heterocycles. The predicted molar refractivity (Wildman–Crippen MR) is 95.7 cm³/mol. The number of amides is 2. The number of aromatic carboxylic acids is 1. The second-order valence-corrected chi connectivity index (χ2v) is 6.04. The number of aryl methyl sites for hydroxylation is 1. The summed E-state index contributed by atoms with van der Waals surface area (Å²) >= 11 is 0. The van der Waals surface area contributed by atoms with Gasteiger partial charge in [-0.3, -0.25) is 14.5 Å². The van der Waals surface area contributed by atoms with Crippen molar-refractivity contribution in [2.24, 2.45) is 0 Å². The maximum absolute atomic E-state index is 12.5. The summed E-state index contributed by atoms with van der Waals surface area (Å²) in [5.74, 6) is -1.54. The van der Waals surface area contributed by atoms with Crippen molar-refractivity contribution in [3.63, 3.8) is 0 Å². The molecule has 7 nitrogen and oxygen atoms in total. The SMILES string of the molecule is Cc1ccccc1NC(=O)CN1C(=O)C(C)Oc2cc(C(=O)O)ccc21. The third-order valence-electron chi connectivity index (χ3n) is 4.14. The lowest BCUT2D eigenvalue weighted by Crippen LogP contribution is -2.47. The Hall–Kier alpha value is -3.35. The molecule has 1 atom stereocenters. The monoisotopic (exact) mass is 354 g/mol. The summed E-state index contributed by atoms with van der Waals surface area (Å²) in [5.41, 5.74) is 2.01. The fraction of sp³-hybridized carbons (Fsp3) is 0.211. The smallest absolute Gasteiger partial charge is 0.335 e. The molecule has 7 heteroatoms. The second kappa shape index (κ2) is 6.87. The van der Waals surface area contributed by atoms with Gasteiger partial charge < -0.3 is 15.2 Å². The molecule has 2 aromatic carbocycles. The van der Waals surface area contributed by atoms with Gasteiger partial charge in [-0.25, -0.2) is 4.79 Å². The van der Waals surface area contributed by atoms with Gasteiger partial charge in [0, 0.05) is 5.69 Å². The van der Waals surface area contributed by atoms with Crippen LogP contribution in [0.3, 0.4) is 0 Å². The van der Waals surface area contributed by atoms with E-state index in [9.17, 15) is 14.4 Å². The van der Waals surface area contributed by atoms with Crippen LogP contribution in [-0.2, 0) is 9.59 Å². The zero-order chi connectivity index (χ0) is 18.8. The Balaban J connectivity index is 1.85. The van der Waals surface area contributed by atoms with Crippen LogP contribution >= 0.6 is 0 Å². The van der Waals surface area contributed by atoms with Crippen molar-refractivity contribution in [2.45, 2.75) is 20.0 Å². The van der Waals surface area contributed by atoms with Crippen LogP contribution in [0, 0.1) is 6.92 Å². The minimum atomic E-state index is -1.09. The van der Waals surface area contributed by atoms with E-state index >= 15 is 0 Å². The summed E-state index contributed by atoms with van der Waals surface area (Å²) in [6.07, 6.45) is -0.808. The fourth-order valence-electron chi connectivity index (χ4n) is 2.75. The maximum Gasteiger partial charge on any atom is 0.335 e. The highest BCUT2D eigenvalue weighted by molar-refractivity contribution is 6.06. The molecule has 0 spiro atoms.